The van der Waals surface area contributed by atoms with Gasteiger partial charge in [0, 0.05) is 15.9 Å². The van der Waals surface area contributed by atoms with E-state index in [4.69, 9.17) is 4.65 Å². The zero-order valence-corrected chi connectivity index (χ0v) is 18.4. The van der Waals surface area contributed by atoms with Crippen LogP contribution in [-0.4, -0.2) is 23.8 Å². The lowest BCUT2D eigenvalue weighted by atomic mass is 9.83. The fraction of sp³-hybridized carbons (Fsp3) is 0.250. The van der Waals surface area contributed by atoms with Gasteiger partial charge in [-0.1, -0.05) is 90.4 Å². The summed E-state index contributed by atoms with van der Waals surface area (Å²) in [6.45, 7) is 7.22. The Morgan fingerprint density at radius 2 is 1.24 bits per heavy atom. The second-order valence-electron chi connectivity index (χ2n) is 8.31. The van der Waals surface area contributed by atoms with Gasteiger partial charge in [-0.05, 0) is 27.7 Å². The Morgan fingerprint density at radius 3 is 1.72 bits per heavy atom. The van der Waals surface area contributed by atoms with E-state index < -0.39 is 18.3 Å². The van der Waals surface area contributed by atoms with Crippen LogP contribution in [0.3, 0.4) is 0 Å². The van der Waals surface area contributed by atoms with Crippen molar-refractivity contribution in [3.8, 4) is 0 Å². The van der Waals surface area contributed by atoms with Crippen LogP contribution in [0.4, 0.5) is 0 Å². The number of hydrogen-bond donors (Lipinski definition) is 1. The fourth-order valence-electron chi connectivity index (χ4n) is 3.01. The van der Waals surface area contributed by atoms with Crippen LogP contribution in [0.15, 0.2) is 84.9 Å². The first kappa shape index (κ1) is 21.6. The van der Waals surface area contributed by atoms with Crippen LogP contribution in [0.25, 0.3) is 0 Å². The van der Waals surface area contributed by atoms with E-state index in [1.54, 1.807) is 13.8 Å². The fourth-order valence-corrected chi connectivity index (χ4v) is 5.73. The Morgan fingerprint density at radius 1 is 0.759 bits per heavy atom. The number of rotatable bonds is 7. The molecule has 3 nitrogen and oxygen atoms in total. The molecule has 29 heavy (non-hydrogen) atoms. The summed E-state index contributed by atoms with van der Waals surface area (Å²) in [6.07, 6.45) is 0. The van der Waals surface area contributed by atoms with Gasteiger partial charge in [0.15, 0.2) is 7.14 Å². The van der Waals surface area contributed by atoms with Crippen molar-refractivity contribution in [2.24, 2.45) is 0 Å². The lowest BCUT2D eigenvalue weighted by molar-refractivity contribution is -0.0893. The molecule has 150 valence electrons. The maximum absolute atomic E-state index is 14.4. The third kappa shape index (κ3) is 4.56. The average molecular weight is 406 g/mol. The molecule has 0 radical (unpaired) electrons. The summed E-state index contributed by atoms with van der Waals surface area (Å²) in [7, 11) is -2.68. The minimum Gasteiger partial charge on any atom is -0.427 e. The van der Waals surface area contributed by atoms with Crippen molar-refractivity contribution in [2.75, 3.05) is 0 Å². The molecule has 0 saturated carbocycles. The Bertz CT molecular complexity index is 952. The van der Waals surface area contributed by atoms with Gasteiger partial charge in [0.05, 0.1) is 11.2 Å². The Hall–Kier alpha value is -2.13. The van der Waals surface area contributed by atoms with Crippen molar-refractivity contribution in [3.05, 3.63) is 84.9 Å². The van der Waals surface area contributed by atoms with Crippen LogP contribution in [0, 0.1) is 0 Å². The van der Waals surface area contributed by atoms with E-state index in [1.807, 2.05) is 98.8 Å². The standard InChI is InChI=1S/C24H28BO3P/c1-23(2,26)24(3,4)28-25-19-12-11-17-22(18-19)29(27,20-13-7-5-8-14-20)21-15-9-6-10-16-21/h5-18,25-26H,1-4H3. The van der Waals surface area contributed by atoms with Crippen LogP contribution in [-0.2, 0) is 9.22 Å². The summed E-state index contributed by atoms with van der Waals surface area (Å²) in [5, 5.41) is 12.7. The second-order valence-corrected chi connectivity index (χ2v) is 11.1. The van der Waals surface area contributed by atoms with Crippen LogP contribution in [0.5, 0.6) is 0 Å². The molecule has 0 saturated heterocycles. The lowest BCUT2D eigenvalue weighted by Crippen LogP contribution is -2.49. The van der Waals surface area contributed by atoms with E-state index in [0.717, 1.165) is 21.4 Å². The van der Waals surface area contributed by atoms with Gasteiger partial charge in [-0.25, -0.2) is 0 Å². The maximum Gasteiger partial charge on any atom is 0.309 e. The summed E-state index contributed by atoms with van der Waals surface area (Å²) in [4.78, 5) is 0. The molecule has 0 atom stereocenters. The predicted molar refractivity (Wildman–Crippen MR) is 124 cm³/mol. The largest absolute Gasteiger partial charge is 0.427 e. The number of hydrogen-bond acceptors (Lipinski definition) is 3. The minimum atomic E-state index is -3.01. The smallest absolute Gasteiger partial charge is 0.309 e. The molecule has 5 heteroatoms. The van der Waals surface area contributed by atoms with Gasteiger partial charge in [-0.2, -0.15) is 0 Å². The van der Waals surface area contributed by atoms with Gasteiger partial charge >= 0.3 is 7.48 Å². The first-order valence-electron chi connectivity index (χ1n) is 9.82. The van der Waals surface area contributed by atoms with Gasteiger partial charge in [0.25, 0.3) is 0 Å². The average Bonchev–Trinajstić information content (AvgIpc) is 2.72. The molecule has 3 rings (SSSR count). The van der Waals surface area contributed by atoms with Crippen molar-refractivity contribution >= 4 is 36.0 Å². The molecular formula is C24H28BO3P. The Labute approximate surface area is 174 Å². The molecular weight excluding hydrogens is 378 g/mol. The van der Waals surface area contributed by atoms with Gasteiger partial charge in [-0.15, -0.1) is 0 Å². The van der Waals surface area contributed by atoms with Crippen LogP contribution in [0.2, 0.25) is 0 Å². The molecule has 0 fully saturated rings. The Kier molecular flexibility index (Phi) is 6.19. The highest BCUT2D eigenvalue weighted by Crippen LogP contribution is 2.41. The summed E-state index contributed by atoms with van der Waals surface area (Å²) < 4.78 is 20.5. The maximum atomic E-state index is 14.4. The lowest BCUT2D eigenvalue weighted by Gasteiger charge is -2.37. The molecule has 0 aromatic heterocycles. The molecule has 0 spiro atoms. The molecule has 1 N–H and O–H groups in total. The summed E-state index contributed by atoms with van der Waals surface area (Å²) in [5.41, 5.74) is -0.772. The third-order valence-corrected chi connectivity index (χ3v) is 8.64. The SMILES string of the molecule is CC(C)(O)C(C)(C)OBc1cccc(P(=O)(c2ccccc2)c2ccccc2)c1. The van der Waals surface area contributed by atoms with Crippen LogP contribution in [0.1, 0.15) is 27.7 Å². The topological polar surface area (TPSA) is 46.5 Å². The first-order valence-corrected chi connectivity index (χ1v) is 11.5. The number of benzene rings is 3. The van der Waals surface area contributed by atoms with Crippen molar-refractivity contribution < 1.29 is 14.3 Å². The van der Waals surface area contributed by atoms with Crippen LogP contribution < -0.4 is 21.4 Å². The molecule has 3 aromatic rings. The Balaban J connectivity index is 2.01. The van der Waals surface area contributed by atoms with Crippen LogP contribution >= 0.6 is 7.14 Å². The van der Waals surface area contributed by atoms with E-state index in [2.05, 4.69) is 0 Å². The van der Waals surface area contributed by atoms with Gasteiger partial charge < -0.3 is 14.3 Å². The van der Waals surface area contributed by atoms with E-state index >= 15 is 0 Å². The van der Waals surface area contributed by atoms with Gasteiger partial charge in [0.1, 0.15) is 0 Å². The molecule has 0 aliphatic rings. The highest BCUT2D eigenvalue weighted by atomic mass is 31.2. The highest BCUT2D eigenvalue weighted by Gasteiger charge is 2.36. The third-order valence-electron chi connectivity index (χ3n) is 5.59. The molecule has 3 aromatic carbocycles. The van der Waals surface area contributed by atoms with Gasteiger partial charge in [-0.3, -0.25) is 0 Å². The zero-order valence-electron chi connectivity index (χ0n) is 17.5. The summed E-state index contributed by atoms with van der Waals surface area (Å²) in [6, 6.07) is 27.0. The molecule has 0 aliphatic heterocycles. The monoisotopic (exact) mass is 406 g/mol. The van der Waals surface area contributed by atoms with Crippen molar-refractivity contribution in [2.45, 2.75) is 38.9 Å². The van der Waals surface area contributed by atoms with E-state index in [1.165, 1.54) is 0 Å². The normalized spacial score (nSPS) is 12.6. The zero-order chi connectivity index (χ0) is 21.1. The number of aliphatic hydroxyl groups is 1. The first-order chi connectivity index (χ1) is 13.6. The van der Waals surface area contributed by atoms with E-state index in [9.17, 15) is 9.67 Å². The van der Waals surface area contributed by atoms with E-state index in [-0.39, 0.29) is 0 Å². The van der Waals surface area contributed by atoms with Crippen molar-refractivity contribution in [1.29, 1.82) is 0 Å². The highest BCUT2D eigenvalue weighted by molar-refractivity contribution is 7.85. The molecule has 0 bridgehead atoms. The molecule has 0 unspecified atom stereocenters. The summed E-state index contributed by atoms with van der Waals surface area (Å²) in [5.74, 6) is 0. The second kappa shape index (κ2) is 8.32. The van der Waals surface area contributed by atoms with Crippen molar-refractivity contribution in [1.82, 2.24) is 0 Å². The quantitative estimate of drug-likeness (QED) is 0.485. The summed E-state index contributed by atoms with van der Waals surface area (Å²) >= 11 is 0. The molecule has 0 heterocycles. The van der Waals surface area contributed by atoms with Crippen molar-refractivity contribution in [3.63, 3.8) is 0 Å². The predicted octanol–water partition coefficient (Wildman–Crippen LogP) is 2.87. The molecule has 0 aliphatic carbocycles. The van der Waals surface area contributed by atoms with Gasteiger partial charge in [0.2, 0.25) is 0 Å². The van der Waals surface area contributed by atoms with E-state index in [0.29, 0.717) is 7.48 Å². The minimum absolute atomic E-state index is 0.328. The molecule has 0 amide bonds.